The van der Waals surface area contributed by atoms with E-state index in [0.29, 0.717) is 45.3 Å². The Hall–Kier alpha value is -5.94. The van der Waals surface area contributed by atoms with E-state index in [1.807, 2.05) is 69.5 Å². The SMILES string of the molecule is C/C=C\C(=C/CC1=CN(C)Cc2ccc(/C(C)=N\OC(=O)CC)cc21)C(=O)c1ccc(C(=O)C(/C=C2\CNc3ccc(/C(C)=N\OC(C)=O)cc32)=C/C)s1. The number of rotatable bonds is 13. The molecule has 2 aliphatic rings. The molecule has 0 amide bonds. The fourth-order valence-corrected chi connectivity index (χ4v) is 6.98. The quantitative estimate of drug-likeness (QED) is 0.0459. The molecule has 1 aromatic heterocycles. The van der Waals surface area contributed by atoms with Gasteiger partial charge in [0.2, 0.25) is 11.6 Å². The van der Waals surface area contributed by atoms with Gasteiger partial charge >= 0.3 is 11.9 Å². The number of fused-ring (bicyclic) bond motifs is 2. The first-order valence-corrected chi connectivity index (χ1v) is 18.5. The van der Waals surface area contributed by atoms with Crippen molar-refractivity contribution in [2.75, 3.05) is 18.9 Å². The lowest BCUT2D eigenvalue weighted by Gasteiger charge is -2.26. The Kier molecular flexibility index (Phi) is 12.9. The molecule has 11 heteroatoms. The molecule has 0 atom stereocenters. The van der Waals surface area contributed by atoms with Gasteiger partial charge in [-0.15, -0.1) is 11.3 Å². The van der Waals surface area contributed by atoms with E-state index in [0.717, 1.165) is 51.2 Å². The molecule has 0 spiro atoms. The second-order valence-electron chi connectivity index (χ2n) is 12.9. The smallest absolute Gasteiger partial charge is 0.334 e. The molecule has 0 saturated carbocycles. The van der Waals surface area contributed by atoms with Crippen molar-refractivity contribution in [3.63, 3.8) is 0 Å². The maximum atomic E-state index is 13.9. The average molecular weight is 745 g/mol. The monoisotopic (exact) mass is 744 g/mol. The van der Waals surface area contributed by atoms with Gasteiger partial charge in [-0.3, -0.25) is 9.59 Å². The second kappa shape index (κ2) is 17.7. The summed E-state index contributed by atoms with van der Waals surface area (Å²) in [7, 11) is 2.01. The van der Waals surface area contributed by atoms with Crippen LogP contribution in [-0.4, -0.2) is 53.4 Å². The number of benzene rings is 2. The van der Waals surface area contributed by atoms with E-state index in [1.165, 1.54) is 18.3 Å². The number of Topliss-reactive ketones (excluding diaryl/α,β-unsaturated/α-hetero) is 2. The van der Waals surface area contributed by atoms with E-state index in [4.69, 9.17) is 9.68 Å². The van der Waals surface area contributed by atoms with Crippen LogP contribution in [0.5, 0.6) is 0 Å². The van der Waals surface area contributed by atoms with E-state index in [-0.39, 0.29) is 18.0 Å². The lowest BCUT2D eigenvalue weighted by atomic mass is 9.91. The number of thiophene rings is 1. The van der Waals surface area contributed by atoms with Gasteiger partial charge in [0.25, 0.3) is 0 Å². The van der Waals surface area contributed by atoms with Crippen molar-refractivity contribution < 1.29 is 28.9 Å². The molecular weight excluding hydrogens is 701 g/mol. The third kappa shape index (κ3) is 9.34. The number of nitrogens with one attached hydrogen (secondary N) is 1. The molecule has 0 radical (unpaired) electrons. The minimum atomic E-state index is -0.496. The van der Waals surface area contributed by atoms with Crippen LogP contribution in [-0.2, 0) is 25.8 Å². The van der Waals surface area contributed by atoms with Crippen LogP contribution in [0.3, 0.4) is 0 Å². The molecule has 3 heterocycles. The molecule has 278 valence electrons. The van der Waals surface area contributed by atoms with Crippen molar-refractivity contribution >= 4 is 63.1 Å². The summed E-state index contributed by atoms with van der Waals surface area (Å²) in [6.45, 7) is 11.5. The predicted octanol–water partition coefficient (Wildman–Crippen LogP) is 8.91. The summed E-state index contributed by atoms with van der Waals surface area (Å²) in [6, 6.07) is 15.3. The zero-order valence-corrected chi connectivity index (χ0v) is 32.4. The van der Waals surface area contributed by atoms with Crippen LogP contribution in [0.1, 0.15) is 102 Å². The van der Waals surface area contributed by atoms with Gasteiger partial charge < -0.3 is 19.9 Å². The van der Waals surface area contributed by atoms with Gasteiger partial charge in [0, 0.05) is 62.1 Å². The summed E-state index contributed by atoms with van der Waals surface area (Å²) < 4.78 is 0. The fourth-order valence-electron chi connectivity index (χ4n) is 6.05. The van der Waals surface area contributed by atoms with Gasteiger partial charge in [-0.2, -0.15) is 0 Å². The summed E-state index contributed by atoms with van der Waals surface area (Å²) >= 11 is 1.18. The van der Waals surface area contributed by atoms with Crippen molar-refractivity contribution in [2.24, 2.45) is 10.3 Å². The van der Waals surface area contributed by atoms with E-state index in [1.54, 1.807) is 45.1 Å². The number of allylic oxidation sites excluding steroid dienone is 8. The van der Waals surface area contributed by atoms with Crippen molar-refractivity contribution in [3.8, 4) is 0 Å². The van der Waals surface area contributed by atoms with Crippen LogP contribution in [0.2, 0.25) is 0 Å². The largest absolute Gasteiger partial charge is 0.380 e. The third-order valence-electron chi connectivity index (χ3n) is 8.91. The summed E-state index contributed by atoms with van der Waals surface area (Å²) in [4.78, 5) is 63.4. The Balaban J connectivity index is 1.35. The molecule has 0 aliphatic carbocycles. The highest BCUT2D eigenvalue weighted by atomic mass is 32.1. The first-order valence-electron chi connectivity index (χ1n) is 17.7. The molecule has 2 aliphatic heterocycles. The van der Waals surface area contributed by atoms with E-state index >= 15 is 0 Å². The summed E-state index contributed by atoms with van der Waals surface area (Å²) in [6.07, 6.45) is 12.0. The minimum Gasteiger partial charge on any atom is -0.380 e. The molecule has 0 fully saturated rings. The average Bonchev–Trinajstić information content (AvgIpc) is 3.83. The van der Waals surface area contributed by atoms with Gasteiger partial charge in [-0.25, -0.2) is 9.59 Å². The van der Waals surface area contributed by atoms with Gasteiger partial charge in [-0.1, -0.05) is 59.7 Å². The van der Waals surface area contributed by atoms with Crippen LogP contribution in [0.4, 0.5) is 5.69 Å². The Labute approximate surface area is 319 Å². The highest BCUT2D eigenvalue weighted by Gasteiger charge is 2.22. The highest BCUT2D eigenvalue weighted by molar-refractivity contribution is 7.16. The van der Waals surface area contributed by atoms with Gasteiger partial charge in [0.05, 0.1) is 21.2 Å². The lowest BCUT2D eigenvalue weighted by Crippen LogP contribution is -2.17. The Morgan fingerprint density at radius 3 is 2.17 bits per heavy atom. The normalized spacial score (nSPS) is 15.5. The van der Waals surface area contributed by atoms with Crippen LogP contribution in [0.15, 0.2) is 107 Å². The number of ketones is 2. The zero-order valence-electron chi connectivity index (χ0n) is 31.6. The number of carbonyl (C=O) groups excluding carboxylic acids is 4. The number of hydrogen-bond donors (Lipinski definition) is 1. The second-order valence-corrected chi connectivity index (χ2v) is 14.0. The molecule has 3 aromatic rings. The van der Waals surface area contributed by atoms with Crippen molar-refractivity contribution in [1.82, 2.24) is 4.90 Å². The fraction of sp³-hybridized carbons (Fsp3) is 0.256. The third-order valence-corrected chi connectivity index (χ3v) is 10.00. The van der Waals surface area contributed by atoms with Crippen LogP contribution >= 0.6 is 11.3 Å². The molecule has 0 bridgehead atoms. The topological polar surface area (TPSA) is 127 Å². The maximum Gasteiger partial charge on any atom is 0.334 e. The van der Waals surface area contributed by atoms with E-state index < -0.39 is 11.9 Å². The Morgan fingerprint density at radius 2 is 1.52 bits per heavy atom. The standard InChI is InChI=1S/C43H44N4O6S/c1-8-11-30(12-14-33-24-47(7)25-34-15-13-31(21-36(33)34)27(5)46-53-41(49)10-3)43(51)40-19-18-39(54-40)42(50)29(9-2)20-35-23-44-38-17-16-32(22-37(35)38)26(4)45-52-28(6)48/h8-9,11-13,15-22,24,44H,10,14,23,25H2,1-7H3/b11-8-,29-9+,30-12+,35-20+,45-26-,46-27-. The molecule has 54 heavy (non-hydrogen) atoms. The van der Waals surface area contributed by atoms with Crippen molar-refractivity contribution in [1.29, 1.82) is 0 Å². The predicted molar refractivity (Wildman–Crippen MR) is 216 cm³/mol. The van der Waals surface area contributed by atoms with Crippen LogP contribution in [0.25, 0.3) is 11.1 Å². The summed E-state index contributed by atoms with van der Waals surface area (Å²) in [5.41, 5.74) is 9.82. The summed E-state index contributed by atoms with van der Waals surface area (Å²) in [5.74, 6) is -1.23. The molecule has 5 rings (SSSR count). The number of anilines is 1. The molecule has 0 saturated heterocycles. The lowest BCUT2D eigenvalue weighted by molar-refractivity contribution is -0.143. The minimum absolute atomic E-state index is 0.163. The number of hydrogen-bond acceptors (Lipinski definition) is 11. The molecular formula is C43H44N4O6S. The van der Waals surface area contributed by atoms with Gasteiger partial charge in [-0.05, 0) is 104 Å². The maximum absolute atomic E-state index is 13.9. The van der Waals surface area contributed by atoms with Crippen LogP contribution < -0.4 is 5.32 Å². The van der Waals surface area contributed by atoms with Gasteiger partial charge in [0.15, 0.2) is 0 Å². The molecule has 0 unspecified atom stereocenters. The molecule has 1 N–H and O–H groups in total. The first-order chi connectivity index (χ1) is 25.9. The van der Waals surface area contributed by atoms with Crippen LogP contribution in [0, 0.1) is 0 Å². The highest BCUT2D eigenvalue weighted by Crippen LogP contribution is 2.34. The molecule has 2 aromatic carbocycles. The summed E-state index contributed by atoms with van der Waals surface area (Å²) in [5, 5.41) is 11.3. The van der Waals surface area contributed by atoms with Gasteiger partial charge in [0.1, 0.15) is 0 Å². The van der Waals surface area contributed by atoms with Crippen molar-refractivity contribution in [2.45, 2.75) is 60.9 Å². The number of oxime groups is 2. The zero-order chi connectivity index (χ0) is 38.9. The number of nitrogens with zero attached hydrogens (tertiary/aromatic N) is 3. The number of carbonyl (C=O) groups is 4. The first kappa shape index (κ1) is 39.3. The molecule has 10 nitrogen and oxygen atoms in total. The van der Waals surface area contributed by atoms with E-state index in [9.17, 15) is 19.2 Å². The van der Waals surface area contributed by atoms with E-state index in [2.05, 4.69) is 32.8 Å². The van der Waals surface area contributed by atoms with Crippen molar-refractivity contribution in [3.05, 3.63) is 134 Å². The Morgan fingerprint density at radius 1 is 0.870 bits per heavy atom. The Bertz CT molecular complexity index is 2210.